The molecule has 1 fully saturated rings. The zero-order chi connectivity index (χ0) is 57.5. The van der Waals surface area contributed by atoms with Crippen LogP contribution in [0.4, 0.5) is 4.39 Å². The Balaban J connectivity index is 2.36. The summed E-state index contributed by atoms with van der Waals surface area (Å²) in [6.45, 7) is -0.391. The zero-order valence-corrected chi connectivity index (χ0v) is 43.4. The van der Waals surface area contributed by atoms with Crippen molar-refractivity contribution >= 4 is 64.9 Å². The van der Waals surface area contributed by atoms with Gasteiger partial charge in [-0.05, 0) is 121 Å². The highest BCUT2D eigenvalue weighted by Crippen LogP contribution is 2.20. The van der Waals surface area contributed by atoms with E-state index < -0.39 is 120 Å². The molecule has 1 aromatic carbocycles. The van der Waals surface area contributed by atoms with Crippen molar-refractivity contribution in [2.24, 2.45) is 55.9 Å². The van der Waals surface area contributed by atoms with Crippen molar-refractivity contribution in [3.8, 4) is 0 Å². The number of carboxylic acid groups (broad SMARTS) is 1. The number of nitrogens with zero attached hydrogens (tertiary/aromatic N) is 3. The van der Waals surface area contributed by atoms with E-state index in [0.717, 1.165) is 6.07 Å². The van der Waals surface area contributed by atoms with Crippen molar-refractivity contribution in [3.63, 3.8) is 0 Å². The summed E-state index contributed by atoms with van der Waals surface area (Å²) in [7, 11) is 0. The number of aliphatic imine (C=N–C) groups is 2. The number of benzene rings is 1. The molecule has 0 aromatic heterocycles. The number of carbonyl (C=O) groups is 9. The van der Waals surface area contributed by atoms with Gasteiger partial charge in [0.2, 0.25) is 35.4 Å². The number of carboxylic acids is 1. The van der Waals surface area contributed by atoms with E-state index in [1.165, 1.54) is 29.2 Å². The highest BCUT2D eigenvalue weighted by atomic mass is 19.1. The molecule has 1 aromatic rings. The Morgan fingerprint density at radius 2 is 1.40 bits per heavy atom. The van der Waals surface area contributed by atoms with Gasteiger partial charge in [0.15, 0.2) is 5.96 Å². The number of halogens is 1. The fourth-order valence-electron chi connectivity index (χ4n) is 7.85. The van der Waals surface area contributed by atoms with Gasteiger partial charge in [0, 0.05) is 26.1 Å². The molecule has 7 atom stereocenters. The lowest BCUT2D eigenvalue weighted by molar-refractivity contribution is -0.137. The van der Waals surface area contributed by atoms with Gasteiger partial charge in [-0.1, -0.05) is 24.6 Å². The van der Waals surface area contributed by atoms with Crippen molar-refractivity contribution in [3.05, 3.63) is 47.4 Å². The monoisotopic (exact) mass is 1090 g/mol. The second-order valence-corrected chi connectivity index (χ2v) is 18.1. The topological polar surface area (TPSA) is 502 Å². The number of aliphatic hydroxyl groups excluding tert-OH is 1. The molecule has 0 bridgehead atoms. The minimum atomic E-state index is -1.61. The molecule has 1 aliphatic rings. The maximum atomic E-state index is 14.4. The summed E-state index contributed by atoms with van der Waals surface area (Å²) in [5.41, 5.74) is 44.3. The van der Waals surface area contributed by atoms with E-state index >= 15 is 0 Å². The van der Waals surface area contributed by atoms with E-state index in [2.05, 4.69) is 41.9 Å². The third-order valence-corrected chi connectivity index (χ3v) is 12.0. The van der Waals surface area contributed by atoms with Crippen LogP contribution in [0, 0.1) is 5.82 Å². The van der Waals surface area contributed by atoms with Crippen LogP contribution < -0.4 is 77.8 Å². The Kier molecular flexibility index (Phi) is 31.0. The number of likely N-dealkylation sites (tertiary alicyclic amines) is 1. The normalized spacial score (nSPS) is 15.9. The van der Waals surface area contributed by atoms with Gasteiger partial charge >= 0.3 is 5.97 Å². The first-order valence-electron chi connectivity index (χ1n) is 25.6. The lowest BCUT2D eigenvalue weighted by Gasteiger charge is -2.28. The fourth-order valence-corrected chi connectivity index (χ4v) is 7.85. The van der Waals surface area contributed by atoms with Crippen molar-refractivity contribution in [1.29, 1.82) is 0 Å². The average molecular weight is 1090 g/mol. The largest absolute Gasteiger partial charge is 0.477 e. The first-order valence-corrected chi connectivity index (χ1v) is 25.6. The molecule has 0 spiro atoms. The number of unbranched alkanes of at least 4 members (excludes halogenated alkanes) is 2. The first-order chi connectivity index (χ1) is 36.7. The van der Waals surface area contributed by atoms with Crippen LogP contribution in [-0.4, -0.2) is 175 Å². The van der Waals surface area contributed by atoms with Crippen LogP contribution in [0.2, 0.25) is 0 Å². The molecular weight excluding hydrogens is 1010 g/mol. The molecule has 0 aliphatic carbocycles. The summed E-state index contributed by atoms with van der Waals surface area (Å²) in [5.74, 6) is -9.40. The summed E-state index contributed by atoms with van der Waals surface area (Å²) < 4.78 is 14.4. The number of carbonyl (C=O) groups excluding carboxylic acids is 8. The van der Waals surface area contributed by atoms with Crippen molar-refractivity contribution in [2.45, 2.75) is 132 Å². The maximum Gasteiger partial charge on any atom is 0.352 e. The molecule has 29 heteroatoms. The van der Waals surface area contributed by atoms with Gasteiger partial charge in [-0.3, -0.25) is 43.3 Å². The van der Waals surface area contributed by atoms with Crippen LogP contribution in [0.5, 0.6) is 0 Å². The molecule has 77 heavy (non-hydrogen) atoms. The number of nitrogens with two attached hydrogens (primary N) is 8. The third kappa shape index (κ3) is 24.2. The van der Waals surface area contributed by atoms with Crippen LogP contribution in [0.3, 0.4) is 0 Å². The van der Waals surface area contributed by atoms with Crippen molar-refractivity contribution in [1.82, 2.24) is 36.8 Å². The van der Waals surface area contributed by atoms with E-state index in [1.54, 1.807) is 0 Å². The predicted molar refractivity (Wildman–Crippen MR) is 283 cm³/mol. The summed E-state index contributed by atoms with van der Waals surface area (Å²) in [6, 6.07) is -2.84. The molecule has 1 heterocycles. The quantitative estimate of drug-likeness (QED) is 0.0129. The number of aliphatic carboxylic acids is 1. The Hall–Kier alpha value is -7.02. The number of hydrogen-bond donors (Lipinski definition) is 16. The smallest absolute Gasteiger partial charge is 0.352 e. The Bertz CT molecular complexity index is 2230. The third-order valence-electron chi connectivity index (χ3n) is 12.0. The molecule has 24 N–H and O–H groups in total. The maximum absolute atomic E-state index is 14.4. The molecule has 1 saturated heterocycles. The Labute approximate surface area is 446 Å². The van der Waals surface area contributed by atoms with E-state index in [1.807, 2.05) is 0 Å². The van der Waals surface area contributed by atoms with Crippen LogP contribution in [-0.2, 0) is 49.6 Å². The van der Waals surface area contributed by atoms with E-state index in [9.17, 15) is 57.8 Å². The summed E-state index contributed by atoms with van der Waals surface area (Å²) in [6.07, 6.45) is 2.09. The summed E-state index contributed by atoms with van der Waals surface area (Å²) >= 11 is 0. The SMILES string of the molecule is NCCCC[C@H](NC(=O)[C@H](Cc1cccc(F)c1)NC(=O)[C@@H]1CCCN1C(=O)C(CCCN)=NC(=O)CNC(=O)[C@H](CCCN)NC(=O)[C@@H](NC(=O)[C@@H](N)CCCCN)[C@@H](O)CN)C(=O)N/C(=C\CCN=C(N)N)C(=O)O. The van der Waals surface area contributed by atoms with Gasteiger partial charge in [0.1, 0.15) is 47.4 Å². The molecule has 28 nitrogen and oxygen atoms in total. The van der Waals surface area contributed by atoms with E-state index in [4.69, 9.17) is 45.9 Å². The minimum Gasteiger partial charge on any atom is -0.477 e. The minimum absolute atomic E-state index is 0.00572. The Morgan fingerprint density at radius 1 is 0.766 bits per heavy atom. The fraction of sp³-hybridized carbons (Fsp3) is 0.604. The van der Waals surface area contributed by atoms with Crippen molar-refractivity contribution < 1.29 is 57.8 Å². The highest BCUT2D eigenvalue weighted by molar-refractivity contribution is 6.40. The van der Waals surface area contributed by atoms with Gasteiger partial charge in [-0.15, -0.1) is 0 Å². The molecule has 430 valence electrons. The van der Waals surface area contributed by atoms with Crippen LogP contribution in [0.15, 0.2) is 46.0 Å². The molecule has 1 aliphatic heterocycles. The highest BCUT2D eigenvalue weighted by Gasteiger charge is 2.39. The van der Waals surface area contributed by atoms with Crippen LogP contribution in [0.1, 0.15) is 89.0 Å². The second-order valence-electron chi connectivity index (χ2n) is 18.1. The standard InChI is InChI=1S/C48H80FN17O11/c49-29-11-5-10-28(24-29)25-35(43(72)61-32(13-2-4-19-51)42(71)63-34(47(76)77)16-8-22-58-48(56)57)64-44(73)36-17-9-23-66(36)46(75)33(15-7-21-53)60-38(68)27-59-41(70)31(14-6-20-52)62-45(74)39(37(67)26-54)65-40(69)30(55)12-1-3-18-50/h5,10-11,16,24,30-32,35-37,39,67H,1-4,6-9,12-15,17-23,25-27,50-55H2,(H,59,70)(H,61,72)(H,62,74)(H,63,71)(H,64,73)(H,65,69)(H,76,77)(H4,56,57,58)/b34-16-,60-33?/t30-,31-,32-,35-,36-,37-,39-/m0/s1. The first kappa shape index (κ1) is 66.1. The van der Waals surface area contributed by atoms with Crippen molar-refractivity contribution in [2.75, 3.05) is 52.4 Å². The van der Waals surface area contributed by atoms with Crippen LogP contribution in [0.25, 0.3) is 0 Å². The molecule has 0 saturated carbocycles. The van der Waals surface area contributed by atoms with Gasteiger partial charge in [0.05, 0.1) is 18.7 Å². The second kappa shape index (κ2) is 36.1. The van der Waals surface area contributed by atoms with Crippen LogP contribution >= 0.6 is 0 Å². The summed E-state index contributed by atoms with van der Waals surface area (Å²) in [4.78, 5) is 130. The van der Waals surface area contributed by atoms with Gasteiger partial charge < -0.3 is 92.9 Å². The van der Waals surface area contributed by atoms with E-state index in [0.29, 0.717) is 38.6 Å². The average Bonchev–Trinajstić information content (AvgIpc) is 3.90. The Morgan fingerprint density at radius 3 is 2.03 bits per heavy atom. The molecule has 0 radical (unpaired) electrons. The van der Waals surface area contributed by atoms with Gasteiger partial charge in [-0.2, -0.15) is 0 Å². The zero-order valence-electron chi connectivity index (χ0n) is 43.4. The van der Waals surface area contributed by atoms with Gasteiger partial charge in [-0.25, -0.2) is 14.2 Å². The number of nitrogens with one attached hydrogen (secondary N) is 6. The number of aliphatic hydroxyl groups is 1. The molecule has 2 rings (SSSR count). The molecule has 0 unspecified atom stereocenters. The number of hydrogen-bond acceptors (Lipinski definition) is 17. The molecule has 8 amide bonds. The lowest BCUT2D eigenvalue weighted by atomic mass is 10.0. The predicted octanol–water partition coefficient (Wildman–Crippen LogP) is -5.49. The number of rotatable bonds is 36. The lowest BCUT2D eigenvalue weighted by Crippen LogP contribution is -2.60. The van der Waals surface area contributed by atoms with Gasteiger partial charge in [0.25, 0.3) is 11.8 Å². The molecular formula is C48H80FN17O11. The number of guanidine groups is 1. The summed E-state index contributed by atoms with van der Waals surface area (Å²) in [5, 5.41) is 35.1. The number of amides is 8. The van der Waals surface area contributed by atoms with E-state index in [-0.39, 0.29) is 108 Å².